The van der Waals surface area contributed by atoms with Crippen LogP contribution in [0.2, 0.25) is 0 Å². The first-order valence-corrected chi connectivity index (χ1v) is 8.45. The molecular formula is C18H14BrN3O2. The zero-order chi connectivity index (χ0) is 16.5. The molecule has 0 atom stereocenters. The van der Waals surface area contributed by atoms with Crippen molar-refractivity contribution in [1.29, 1.82) is 0 Å². The average molecular weight is 384 g/mol. The molecule has 0 aliphatic carbocycles. The van der Waals surface area contributed by atoms with Crippen LogP contribution in [0.15, 0.2) is 57.6 Å². The van der Waals surface area contributed by atoms with E-state index in [4.69, 9.17) is 4.42 Å². The highest BCUT2D eigenvalue weighted by atomic mass is 79.9. The van der Waals surface area contributed by atoms with Crippen LogP contribution in [0.25, 0.3) is 11.6 Å². The van der Waals surface area contributed by atoms with Gasteiger partial charge >= 0.3 is 0 Å². The molecule has 1 amide bonds. The Labute approximate surface area is 147 Å². The molecule has 0 unspecified atom stereocenters. The summed E-state index contributed by atoms with van der Waals surface area (Å²) in [6.07, 6.45) is 2.38. The van der Waals surface area contributed by atoms with Crippen molar-refractivity contribution in [2.45, 2.75) is 13.0 Å². The number of nitrogens with zero attached hydrogens (tertiary/aromatic N) is 3. The molecule has 6 heteroatoms. The maximum absolute atomic E-state index is 12.6. The molecule has 0 bridgehead atoms. The van der Waals surface area contributed by atoms with Gasteiger partial charge in [-0.05, 0) is 40.2 Å². The summed E-state index contributed by atoms with van der Waals surface area (Å²) in [5, 5.41) is 0. The molecule has 1 aliphatic heterocycles. The van der Waals surface area contributed by atoms with Crippen molar-refractivity contribution in [3.63, 3.8) is 0 Å². The molecule has 24 heavy (non-hydrogen) atoms. The summed E-state index contributed by atoms with van der Waals surface area (Å²) in [6, 6.07) is 13.1. The first-order chi connectivity index (χ1) is 11.7. The lowest BCUT2D eigenvalue weighted by atomic mass is 10.1. The highest BCUT2D eigenvalue weighted by Crippen LogP contribution is 2.26. The number of aromatic nitrogens is 2. The maximum atomic E-state index is 12.6. The molecule has 0 N–H and O–H groups in total. The minimum atomic E-state index is 0.0209. The van der Waals surface area contributed by atoms with Crippen molar-refractivity contribution in [3.8, 4) is 11.6 Å². The summed E-state index contributed by atoms with van der Waals surface area (Å²) in [6.45, 7) is 1.09. The van der Waals surface area contributed by atoms with Crippen LogP contribution >= 0.6 is 15.9 Å². The summed E-state index contributed by atoms with van der Waals surface area (Å²) in [5.74, 6) is 1.36. The number of carbonyl (C=O) groups is 1. The lowest BCUT2D eigenvalue weighted by molar-refractivity contribution is 0.0728. The van der Waals surface area contributed by atoms with Gasteiger partial charge in [-0.3, -0.25) is 9.78 Å². The Morgan fingerprint density at radius 1 is 1.17 bits per heavy atom. The topological polar surface area (TPSA) is 59.2 Å². The first-order valence-electron chi connectivity index (χ1n) is 7.65. The van der Waals surface area contributed by atoms with E-state index in [1.165, 1.54) is 0 Å². The van der Waals surface area contributed by atoms with E-state index < -0.39 is 0 Å². The van der Waals surface area contributed by atoms with Gasteiger partial charge in [-0.2, -0.15) is 0 Å². The molecule has 2 aromatic heterocycles. The third kappa shape index (κ3) is 2.85. The van der Waals surface area contributed by atoms with Crippen LogP contribution in [0.3, 0.4) is 0 Å². The van der Waals surface area contributed by atoms with Gasteiger partial charge in [0.2, 0.25) is 5.89 Å². The molecule has 1 aliphatic rings. The highest BCUT2D eigenvalue weighted by Gasteiger charge is 2.26. The summed E-state index contributed by atoms with van der Waals surface area (Å²) in [7, 11) is 0. The standard InChI is InChI=1S/C18H14BrN3O2/c19-13-6-7-14(20-10-13)17-21-15-11-22(9-8-16(15)24-17)18(23)12-4-2-1-3-5-12/h1-7,10H,8-9,11H2. The molecule has 0 saturated carbocycles. The van der Waals surface area contributed by atoms with E-state index in [1.54, 1.807) is 11.1 Å². The number of halogens is 1. The number of hydrogen-bond acceptors (Lipinski definition) is 4. The van der Waals surface area contributed by atoms with Crippen LogP contribution in [0.4, 0.5) is 0 Å². The van der Waals surface area contributed by atoms with Crippen molar-refractivity contribution >= 4 is 21.8 Å². The average Bonchev–Trinajstić information content (AvgIpc) is 3.05. The number of hydrogen-bond donors (Lipinski definition) is 0. The molecular weight excluding hydrogens is 370 g/mol. The Morgan fingerprint density at radius 2 is 2.00 bits per heavy atom. The summed E-state index contributed by atoms with van der Waals surface area (Å²) in [4.78, 5) is 23.2. The molecule has 4 rings (SSSR count). The van der Waals surface area contributed by atoms with Gasteiger partial charge in [0.05, 0.1) is 6.54 Å². The van der Waals surface area contributed by atoms with Crippen molar-refractivity contribution in [1.82, 2.24) is 14.9 Å². The van der Waals surface area contributed by atoms with Crippen LogP contribution in [0.5, 0.6) is 0 Å². The smallest absolute Gasteiger partial charge is 0.254 e. The highest BCUT2D eigenvalue weighted by molar-refractivity contribution is 9.10. The maximum Gasteiger partial charge on any atom is 0.254 e. The van der Waals surface area contributed by atoms with E-state index in [9.17, 15) is 4.79 Å². The van der Waals surface area contributed by atoms with Gasteiger partial charge in [0, 0.05) is 29.2 Å². The van der Waals surface area contributed by atoms with Crippen LogP contribution in [-0.4, -0.2) is 27.3 Å². The van der Waals surface area contributed by atoms with Crippen molar-refractivity contribution in [3.05, 3.63) is 70.2 Å². The number of pyridine rings is 1. The van der Waals surface area contributed by atoms with Crippen molar-refractivity contribution in [2.24, 2.45) is 0 Å². The number of oxazole rings is 1. The molecule has 0 spiro atoms. The summed E-state index contributed by atoms with van der Waals surface area (Å²) >= 11 is 3.36. The van der Waals surface area contributed by atoms with Gasteiger partial charge in [-0.25, -0.2) is 4.98 Å². The zero-order valence-corrected chi connectivity index (χ0v) is 14.4. The molecule has 0 saturated heterocycles. The number of fused-ring (bicyclic) bond motifs is 1. The third-order valence-electron chi connectivity index (χ3n) is 3.98. The molecule has 1 aromatic carbocycles. The summed E-state index contributed by atoms with van der Waals surface area (Å²) < 4.78 is 6.74. The van der Waals surface area contributed by atoms with E-state index in [2.05, 4.69) is 25.9 Å². The fourth-order valence-corrected chi connectivity index (χ4v) is 2.98. The normalized spacial score (nSPS) is 13.6. The second-order valence-electron chi connectivity index (χ2n) is 5.59. The number of carbonyl (C=O) groups excluding carboxylic acids is 1. The molecule has 120 valence electrons. The first kappa shape index (κ1) is 15.1. The SMILES string of the molecule is O=C(c1ccccc1)N1CCc2oc(-c3ccc(Br)cn3)nc2C1. The minimum Gasteiger partial charge on any atom is -0.439 e. The molecule has 5 nitrogen and oxygen atoms in total. The van der Waals surface area contributed by atoms with E-state index in [-0.39, 0.29) is 5.91 Å². The lowest BCUT2D eigenvalue weighted by Gasteiger charge is -2.25. The Bertz CT molecular complexity index is 875. The zero-order valence-electron chi connectivity index (χ0n) is 12.8. The largest absolute Gasteiger partial charge is 0.439 e. The minimum absolute atomic E-state index is 0.0209. The summed E-state index contributed by atoms with van der Waals surface area (Å²) in [5.41, 5.74) is 2.19. The van der Waals surface area contributed by atoms with Crippen LogP contribution in [0, 0.1) is 0 Å². The second kappa shape index (κ2) is 6.20. The van der Waals surface area contributed by atoms with Gasteiger partial charge in [0.1, 0.15) is 17.1 Å². The van der Waals surface area contributed by atoms with Gasteiger partial charge in [-0.15, -0.1) is 0 Å². The number of amides is 1. The second-order valence-corrected chi connectivity index (χ2v) is 6.51. The van der Waals surface area contributed by atoms with Crippen LogP contribution < -0.4 is 0 Å². The van der Waals surface area contributed by atoms with Gasteiger partial charge in [0.15, 0.2) is 0 Å². The Hall–Kier alpha value is -2.47. The van der Waals surface area contributed by atoms with Crippen molar-refractivity contribution in [2.75, 3.05) is 6.54 Å². The molecule has 0 fully saturated rings. The number of benzene rings is 1. The predicted octanol–water partition coefficient (Wildman–Crippen LogP) is 3.70. The Morgan fingerprint density at radius 3 is 2.75 bits per heavy atom. The van der Waals surface area contributed by atoms with Gasteiger partial charge in [0.25, 0.3) is 5.91 Å². The molecule has 3 heterocycles. The predicted molar refractivity (Wildman–Crippen MR) is 92.3 cm³/mol. The fourth-order valence-electron chi connectivity index (χ4n) is 2.75. The van der Waals surface area contributed by atoms with Gasteiger partial charge < -0.3 is 9.32 Å². The van der Waals surface area contributed by atoms with Crippen molar-refractivity contribution < 1.29 is 9.21 Å². The van der Waals surface area contributed by atoms with E-state index >= 15 is 0 Å². The van der Waals surface area contributed by atoms with Crippen LogP contribution in [-0.2, 0) is 13.0 Å². The quantitative estimate of drug-likeness (QED) is 0.676. The molecule has 3 aromatic rings. The number of rotatable bonds is 2. The van der Waals surface area contributed by atoms with E-state index in [0.717, 1.165) is 15.9 Å². The monoisotopic (exact) mass is 383 g/mol. The van der Waals surface area contributed by atoms with E-state index in [1.807, 2.05) is 42.5 Å². The lowest BCUT2D eigenvalue weighted by Crippen LogP contribution is -2.35. The van der Waals surface area contributed by atoms with Gasteiger partial charge in [-0.1, -0.05) is 18.2 Å². The Balaban J connectivity index is 1.57. The van der Waals surface area contributed by atoms with Crippen LogP contribution in [0.1, 0.15) is 21.8 Å². The fraction of sp³-hybridized carbons (Fsp3) is 0.167. The van der Waals surface area contributed by atoms with E-state index in [0.29, 0.717) is 36.7 Å². The third-order valence-corrected chi connectivity index (χ3v) is 4.45. The molecule has 0 radical (unpaired) electrons. The Kier molecular flexibility index (Phi) is 3.90.